The lowest BCUT2D eigenvalue weighted by molar-refractivity contribution is -0.130. The third kappa shape index (κ3) is 4.42. The summed E-state index contributed by atoms with van der Waals surface area (Å²) in [5.41, 5.74) is 3.77. The van der Waals surface area contributed by atoms with E-state index in [-0.39, 0.29) is 11.7 Å². The topological polar surface area (TPSA) is 49.3 Å². The molecule has 2 aromatic carbocycles. The normalized spacial score (nSPS) is 14.1. The summed E-state index contributed by atoms with van der Waals surface area (Å²) < 4.78 is 13.1. The predicted octanol–water partition coefficient (Wildman–Crippen LogP) is 3.48. The molecule has 1 saturated heterocycles. The Kier molecular flexibility index (Phi) is 5.51. The molecule has 0 bridgehead atoms. The van der Waals surface area contributed by atoms with E-state index in [0.717, 1.165) is 35.6 Å². The fraction of sp³-hybridized carbons (Fsp3) is 0.261. The number of benzene rings is 2. The summed E-state index contributed by atoms with van der Waals surface area (Å²) >= 11 is 0. The minimum Gasteiger partial charge on any atom is -0.352 e. The van der Waals surface area contributed by atoms with Gasteiger partial charge < -0.3 is 9.80 Å². The molecule has 4 rings (SSSR count). The molecule has 1 aliphatic heterocycles. The molecule has 1 fully saturated rings. The summed E-state index contributed by atoms with van der Waals surface area (Å²) in [7, 11) is 0. The Bertz CT molecular complexity index is 981. The second-order valence-corrected chi connectivity index (χ2v) is 7.25. The highest BCUT2D eigenvalue weighted by Crippen LogP contribution is 2.20. The number of anilines is 1. The van der Waals surface area contributed by atoms with Crippen molar-refractivity contribution in [1.82, 2.24) is 15.1 Å². The zero-order chi connectivity index (χ0) is 20.2. The second kappa shape index (κ2) is 8.39. The van der Waals surface area contributed by atoms with Gasteiger partial charge in [-0.1, -0.05) is 24.3 Å². The standard InChI is InChI=1S/C23H23FN4O/c1-17-4-2-3-5-19(17)16-23(29)28-14-12-27(13-15-28)22-11-10-21(25-26-22)18-6-8-20(24)9-7-18/h2-11H,12-16H2,1H3. The van der Waals surface area contributed by atoms with Crippen LogP contribution in [0, 0.1) is 12.7 Å². The van der Waals surface area contributed by atoms with Crippen molar-refractivity contribution in [3.05, 3.63) is 77.6 Å². The first-order chi connectivity index (χ1) is 14.1. The maximum absolute atomic E-state index is 13.1. The summed E-state index contributed by atoms with van der Waals surface area (Å²) in [6, 6.07) is 18.1. The molecule has 148 valence electrons. The molecule has 1 aromatic heterocycles. The van der Waals surface area contributed by atoms with E-state index in [1.807, 2.05) is 48.2 Å². The van der Waals surface area contributed by atoms with Gasteiger partial charge in [-0.2, -0.15) is 0 Å². The van der Waals surface area contributed by atoms with Crippen molar-refractivity contribution in [1.29, 1.82) is 0 Å². The number of carbonyl (C=O) groups excluding carboxylic acids is 1. The summed E-state index contributed by atoms with van der Waals surface area (Å²) in [6.07, 6.45) is 0.443. The fourth-order valence-corrected chi connectivity index (χ4v) is 3.54. The highest BCUT2D eigenvalue weighted by atomic mass is 19.1. The van der Waals surface area contributed by atoms with Crippen LogP contribution >= 0.6 is 0 Å². The van der Waals surface area contributed by atoms with Crippen LogP contribution in [0.15, 0.2) is 60.7 Å². The Labute approximate surface area is 169 Å². The monoisotopic (exact) mass is 390 g/mol. The Morgan fingerprint density at radius 2 is 1.66 bits per heavy atom. The number of piperazine rings is 1. The molecule has 0 saturated carbocycles. The Morgan fingerprint density at radius 3 is 2.31 bits per heavy atom. The van der Waals surface area contributed by atoms with Gasteiger partial charge in [0.05, 0.1) is 12.1 Å². The van der Waals surface area contributed by atoms with E-state index in [1.165, 1.54) is 12.1 Å². The van der Waals surface area contributed by atoms with Crippen LogP contribution in [0.4, 0.5) is 10.2 Å². The molecule has 2 heterocycles. The van der Waals surface area contributed by atoms with E-state index >= 15 is 0 Å². The largest absolute Gasteiger partial charge is 0.352 e. The summed E-state index contributed by atoms with van der Waals surface area (Å²) in [5, 5.41) is 8.61. The second-order valence-electron chi connectivity index (χ2n) is 7.25. The number of aryl methyl sites for hydroxylation is 1. The van der Waals surface area contributed by atoms with E-state index in [0.29, 0.717) is 25.2 Å². The summed E-state index contributed by atoms with van der Waals surface area (Å²) in [5.74, 6) is 0.687. The predicted molar refractivity (Wildman–Crippen MR) is 111 cm³/mol. The quantitative estimate of drug-likeness (QED) is 0.684. The minimum absolute atomic E-state index is 0.164. The third-order valence-corrected chi connectivity index (χ3v) is 5.35. The average molecular weight is 390 g/mol. The number of aromatic nitrogens is 2. The van der Waals surface area contributed by atoms with Gasteiger partial charge in [0.2, 0.25) is 5.91 Å². The summed E-state index contributed by atoms with van der Waals surface area (Å²) in [4.78, 5) is 16.7. The van der Waals surface area contributed by atoms with E-state index in [2.05, 4.69) is 15.1 Å². The molecular weight excluding hydrogens is 367 g/mol. The molecule has 6 heteroatoms. The van der Waals surface area contributed by atoms with Gasteiger partial charge in [-0.25, -0.2) is 4.39 Å². The minimum atomic E-state index is -0.270. The number of carbonyl (C=O) groups is 1. The van der Waals surface area contributed by atoms with Crippen LogP contribution in [0.25, 0.3) is 11.3 Å². The van der Waals surface area contributed by atoms with Crippen molar-refractivity contribution in [3.63, 3.8) is 0 Å². The molecule has 0 aliphatic carbocycles. The lowest BCUT2D eigenvalue weighted by Crippen LogP contribution is -2.49. The maximum atomic E-state index is 13.1. The van der Waals surface area contributed by atoms with Gasteiger partial charge in [0.15, 0.2) is 5.82 Å². The van der Waals surface area contributed by atoms with Crippen molar-refractivity contribution >= 4 is 11.7 Å². The van der Waals surface area contributed by atoms with E-state index < -0.39 is 0 Å². The van der Waals surface area contributed by atoms with Gasteiger partial charge in [0.25, 0.3) is 0 Å². The van der Waals surface area contributed by atoms with Gasteiger partial charge in [0, 0.05) is 31.7 Å². The Morgan fingerprint density at radius 1 is 0.931 bits per heavy atom. The zero-order valence-electron chi connectivity index (χ0n) is 16.4. The van der Waals surface area contributed by atoms with E-state index in [1.54, 1.807) is 12.1 Å². The van der Waals surface area contributed by atoms with Crippen molar-refractivity contribution in [2.24, 2.45) is 0 Å². The number of rotatable bonds is 4. The first-order valence-corrected chi connectivity index (χ1v) is 9.77. The fourth-order valence-electron chi connectivity index (χ4n) is 3.54. The first-order valence-electron chi connectivity index (χ1n) is 9.77. The zero-order valence-corrected chi connectivity index (χ0v) is 16.4. The van der Waals surface area contributed by atoms with Gasteiger partial charge in [0.1, 0.15) is 5.82 Å². The van der Waals surface area contributed by atoms with Crippen LogP contribution in [0.1, 0.15) is 11.1 Å². The van der Waals surface area contributed by atoms with Gasteiger partial charge in [-0.15, -0.1) is 10.2 Å². The van der Waals surface area contributed by atoms with Crippen LogP contribution < -0.4 is 4.90 Å². The van der Waals surface area contributed by atoms with Crippen molar-refractivity contribution in [3.8, 4) is 11.3 Å². The number of hydrogen-bond acceptors (Lipinski definition) is 4. The molecule has 29 heavy (non-hydrogen) atoms. The first kappa shape index (κ1) is 19.1. The maximum Gasteiger partial charge on any atom is 0.227 e. The molecule has 1 aliphatic rings. The Hall–Kier alpha value is -3.28. The molecule has 5 nitrogen and oxygen atoms in total. The van der Waals surface area contributed by atoms with Crippen molar-refractivity contribution < 1.29 is 9.18 Å². The number of nitrogens with zero attached hydrogens (tertiary/aromatic N) is 4. The van der Waals surface area contributed by atoms with Crippen LogP contribution in [0.5, 0.6) is 0 Å². The molecule has 0 radical (unpaired) electrons. The van der Waals surface area contributed by atoms with E-state index in [4.69, 9.17) is 0 Å². The number of amides is 1. The molecule has 3 aromatic rings. The van der Waals surface area contributed by atoms with Crippen LogP contribution in [0.2, 0.25) is 0 Å². The van der Waals surface area contributed by atoms with E-state index in [9.17, 15) is 9.18 Å². The molecule has 0 N–H and O–H groups in total. The molecule has 0 spiro atoms. The van der Waals surface area contributed by atoms with Gasteiger partial charge >= 0.3 is 0 Å². The third-order valence-electron chi connectivity index (χ3n) is 5.35. The van der Waals surface area contributed by atoms with Crippen molar-refractivity contribution in [2.45, 2.75) is 13.3 Å². The van der Waals surface area contributed by atoms with Crippen LogP contribution in [-0.4, -0.2) is 47.2 Å². The van der Waals surface area contributed by atoms with Crippen LogP contribution in [0.3, 0.4) is 0 Å². The Balaban J connectivity index is 1.35. The summed E-state index contributed by atoms with van der Waals surface area (Å²) in [6.45, 7) is 4.83. The lowest BCUT2D eigenvalue weighted by atomic mass is 10.1. The molecule has 0 atom stereocenters. The molecular formula is C23H23FN4O. The molecule has 1 amide bonds. The van der Waals surface area contributed by atoms with Gasteiger partial charge in [-0.3, -0.25) is 4.79 Å². The molecule has 0 unspecified atom stereocenters. The van der Waals surface area contributed by atoms with Gasteiger partial charge in [-0.05, 0) is 54.4 Å². The highest BCUT2D eigenvalue weighted by Gasteiger charge is 2.22. The highest BCUT2D eigenvalue weighted by molar-refractivity contribution is 5.79. The lowest BCUT2D eigenvalue weighted by Gasteiger charge is -2.35. The van der Waals surface area contributed by atoms with Crippen LogP contribution in [-0.2, 0) is 11.2 Å². The smallest absolute Gasteiger partial charge is 0.227 e. The number of hydrogen-bond donors (Lipinski definition) is 0. The average Bonchev–Trinajstić information content (AvgIpc) is 2.76. The van der Waals surface area contributed by atoms with Crippen molar-refractivity contribution in [2.75, 3.05) is 31.1 Å². The number of halogens is 1. The SMILES string of the molecule is Cc1ccccc1CC(=O)N1CCN(c2ccc(-c3ccc(F)cc3)nn2)CC1.